The maximum atomic E-state index is 11.1. The minimum Gasteiger partial charge on any atom is -0.481 e. The molecule has 1 aliphatic rings. The normalized spacial score (nSPS) is 22.6. The van der Waals surface area contributed by atoms with Crippen LogP contribution in [0.1, 0.15) is 32.6 Å². The quantitative estimate of drug-likeness (QED) is 0.544. The molecule has 0 bridgehead atoms. The van der Waals surface area contributed by atoms with E-state index >= 15 is 0 Å². The van der Waals surface area contributed by atoms with Gasteiger partial charge in [0.15, 0.2) is 0 Å². The Morgan fingerprint density at radius 1 is 1.60 bits per heavy atom. The molecule has 0 aromatic carbocycles. The number of hydrogen-bond acceptors (Lipinski definition) is 4. The molecular formula is C10H14O5. The first-order valence-electron chi connectivity index (χ1n) is 5.02. The monoisotopic (exact) mass is 214 g/mol. The lowest BCUT2D eigenvalue weighted by Crippen LogP contribution is -2.20. The molecule has 1 rings (SSSR count). The lowest BCUT2D eigenvalue weighted by Gasteiger charge is -2.12. The Balaban J connectivity index is 2.54. The van der Waals surface area contributed by atoms with E-state index in [4.69, 9.17) is 5.11 Å². The Labute approximate surface area is 87.4 Å². The number of carboxylic acid groups (broad SMARTS) is 1. The van der Waals surface area contributed by atoms with Crippen molar-refractivity contribution in [3.8, 4) is 0 Å². The lowest BCUT2D eigenvalue weighted by molar-refractivity contribution is -0.153. The van der Waals surface area contributed by atoms with Crippen LogP contribution in [0, 0.1) is 11.8 Å². The van der Waals surface area contributed by atoms with Gasteiger partial charge in [-0.25, -0.2) is 0 Å². The number of cyclic esters (lactones) is 2. The SMILES string of the molecule is CCCC(CC1CC(=O)OC1=O)C(=O)O. The molecule has 15 heavy (non-hydrogen) atoms. The van der Waals surface area contributed by atoms with Crippen LogP contribution in [0.4, 0.5) is 0 Å². The molecule has 0 radical (unpaired) electrons. The van der Waals surface area contributed by atoms with Gasteiger partial charge in [-0.15, -0.1) is 0 Å². The Morgan fingerprint density at radius 3 is 2.67 bits per heavy atom. The third-order valence-corrected chi connectivity index (χ3v) is 2.52. The van der Waals surface area contributed by atoms with E-state index in [9.17, 15) is 14.4 Å². The molecule has 0 spiro atoms. The van der Waals surface area contributed by atoms with Crippen molar-refractivity contribution in [1.29, 1.82) is 0 Å². The van der Waals surface area contributed by atoms with E-state index in [-0.39, 0.29) is 12.8 Å². The first-order valence-corrected chi connectivity index (χ1v) is 5.02. The van der Waals surface area contributed by atoms with Gasteiger partial charge in [-0.2, -0.15) is 0 Å². The first-order chi connectivity index (χ1) is 7.04. The minimum absolute atomic E-state index is 0.0202. The molecule has 2 atom stereocenters. The van der Waals surface area contributed by atoms with E-state index in [0.717, 1.165) is 6.42 Å². The first kappa shape index (κ1) is 11.7. The van der Waals surface area contributed by atoms with Crippen LogP contribution < -0.4 is 0 Å². The van der Waals surface area contributed by atoms with E-state index in [0.29, 0.717) is 6.42 Å². The zero-order valence-electron chi connectivity index (χ0n) is 8.56. The summed E-state index contributed by atoms with van der Waals surface area (Å²) >= 11 is 0. The van der Waals surface area contributed by atoms with Crippen molar-refractivity contribution in [2.45, 2.75) is 32.6 Å². The average molecular weight is 214 g/mol. The van der Waals surface area contributed by atoms with E-state index in [1.807, 2.05) is 6.92 Å². The van der Waals surface area contributed by atoms with Gasteiger partial charge in [0, 0.05) is 0 Å². The molecule has 1 N–H and O–H groups in total. The third kappa shape index (κ3) is 3.04. The van der Waals surface area contributed by atoms with Gasteiger partial charge in [0.2, 0.25) is 0 Å². The highest BCUT2D eigenvalue weighted by Crippen LogP contribution is 2.26. The summed E-state index contributed by atoms with van der Waals surface area (Å²) < 4.78 is 4.36. The maximum Gasteiger partial charge on any atom is 0.317 e. The summed E-state index contributed by atoms with van der Waals surface area (Å²) in [5.74, 6) is -3.17. The molecule has 0 aromatic rings. The summed E-state index contributed by atoms with van der Waals surface area (Å²) in [6.07, 6.45) is 1.49. The predicted molar refractivity (Wildman–Crippen MR) is 49.9 cm³/mol. The standard InChI is InChI=1S/C10H14O5/c1-2-3-6(9(12)13)4-7-5-8(11)15-10(7)14/h6-7H,2-5H2,1H3,(H,12,13). The topological polar surface area (TPSA) is 80.7 Å². The second kappa shape index (κ2) is 4.91. The molecule has 0 aliphatic carbocycles. The van der Waals surface area contributed by atoms with Crippen LogP contribution in [-0.2, 0) is 19.1 Å². The van der Waals surface area contributed by atoms with Crippen molar-refractivity contribution >= 4 is 17.9 Å². The van der Waals surface area contributed by atoms with E-state index in [2.05, 4.69) is 4.74 Å². The zero-order chi connectivity index (χ0) is 11.4. The van der Waals surface area contributed by atoms with Crippen LogP contribution in [0.5, 0.6) is 0 Å². The fraction of sp³-hybridized carbons (Fsp3) is 0.700. The van der Waals surface area contributed by atoms with Crippen LogP contribution in [0.15, 0.2) is 0 Å². The van der Waals surface area contributed by atoms with Crippen LogP contribution >= 0.6 is 0 Å². The second-order valence-electron chi connectivity index (χ2n) is 3.75. The molecule has 1 aliphatic heterocycles. The van der Waals surface area contributed by atoms with Crippen LogP contribution in [0.2, 0.25) is 0 Å². The van der Waals surface area contributed by atoms with Crippen molar-refractivity contribution in [3.05, 3.63) is 0 Å². The Kier molecular flexibility index (Phi) is 3.82. The highest BCUT2D eigenvalue weighted by molar-refractivity contribution is 5.94. The van der Waals surface area contributed by atoms with Crippen LogP contribution in [0.3, 0.4) is 0 Å². The highest BCUT2D eigenvalue weighted by atomic mass is 16.6. The smallest absolute Gasteiger partial charge is 0.317 e. The fourth-order valence-electron chi connectivity index (χ4n) is 1.74. The van der Waals surface area contributed by atoms with Crippen molar-refractivity contribution in [3.63, 3.8) is 0 Å². The maximum absolute atomic E-state index is 11.1. The Bertz CT molecular complexity index is 284. The number of ether oxygens (including phenoxy) is 1. The molecule has 2 unspecified atom stereocenters. The molecule has 5 nitrogen and oxygen atoms in total. The summed E-state index contributed by atoms with van der Waals surface area (Å²) in [6, 6.07) is 0. The van der Waals surface area contributed by atoms with E-state index < -0.39 is 29.7 Å². The number of hydrogen-bond donors (Lipinski definition) is 1. The molecule has 5 heteroatoms. The number of carboxylic acids is 1. The number of aliphatic carboxylic acids is 1. The summed E-state index contributed by atoms with van der Waals surface area (Å²) in [7, 11) is 0. The largest absolute Gasteiger partial charge is 0.481 e. The van der Waals surface area contributed by atoms with Crippen molar-refractivity contribution in [2.24, 2.45) is 11.8 Å². The van der Waals surface area contributed by atoms with E-state index in [1.165, 1.54) is 0 Å². The number of rotatable bonds is 5. The molecule has 1 saturated heterocycles. The Morgan fingerprint density at radius 2 is 2.27 bits per heavy atom. The predicted octanol–water partition coefficient (Wildman–Crippen LogP) is 0.967. The van der Waals surface area contributed by atoms with Gasteiger partial charge in [0.1, 0.15) is 0 Å². The summed E-state index contributed by atoms with van der Waals surface area (Å²) in [4.78, 5) is 32.7. The molecule has 1 heterocycles. The summed E-state index contributed by atoms with van der Waals surface area (Å²) in [6.45, 7) is 1.88. The number of esters is 2. The van der Waals surface area contributed by atoms with Crippen molar-refractivity contribution in [1.82, 2.24) is 0 Å². The molecule has 0 saturated carbocycles. The number of carbonyl (C=O) groups is 3. The molecule has 1 fully saturated rings. The summed E-state index contributed by atoms with van der Waals surface area (Å²) in [5, 5.41) is 8.88. The Hall–Kier alpha value is -1.39. The highest BCUT2D eigenvalue weighted by Gasteiger charge is 2.36. The average Bonchev–Trinajstić information content (AvgIpc) is 2.44. The molecule has 84 valence electrons. The van der Waals surface area contributed by atoms with Crippen LogP contribution in [0.25, 0.3) is 0 Å². The lowest BCUT2D eigenvalue weighted by atomic mass is 9.90. The van der Waals surface area contributed by atoms with Crippen LogP contribution in [-0.4, -0.2) is 23.0 Å². The zero-order valence-corrected chi connectivity index (χ0v) is 8.56. The van der Waals surface area contributed by atoms with Gasteiger partial charge in [-0.3, -0.25) is 14.4 Å². The fourth-order valence-corrected chi connectivity index (χ4v) is 1.74. The van der Waals surface area contributed by atoms with Gasteiger partial charge in [0.25, 0.3) is 0 Å². The van der Waals surface area contributed by atoms with Gasteiger partial charge in [-0.1, -0.05) is 13.3 Å². The third-order valence-electron chi connectivity index (χ3n) is 2.52. The van der Waals surface area contributed by atoms with Gasteiger partial charge < -0.3 is 9.84 Å². The van der Waals surface area contributed by atoms with Gasteiger partial charge in [-0.05, 0) is 12.8 Å². The minimum atomic E-state index is -0.913. The molecule has 0 amide bonds. The molecule has 0 aromatic heterocycles. The van der Waals surface area contributed by atoms with Gasteiger partial charge in [0.05, 0.1) is 18.3 Å². The van der Waals surface area contributed by atoms with E-state index in [1.54, 1.807) is 0 Å². The molecular weight excluding hydrogens is 200 g/mol. The summed E-state index contributed by atoms with van der Waals surface area (Å²) in [5.41, 5.74) is 0. The second-order valence-corrected chi connectivity index (χ2v) is 3.75. The van der Waals surface area contributed by atoms with Crippen molar-refractivity contribution < 1.29 is 24.2 Å². The van der Waals surface area contributed by atoms with Crippen molar-refractivity contribution in [2.75, 3.05) is 0 Å². The number of carbonyl (C=O) groups excluding carboxylic acids is 2. The van der Waals surface area contributed by atoms with Gasteiger partial charge >= 0.3 is 17.9 Å².